The molecule has 0 unspecified atom stereocenters. The summed E-state index contributed by atoms with van der Waals surface area (Å²) in [5, 5.41) is 8.86. The van der Waals surface area contributed by atoms with Crippen LogP contribution in [0.4, 0.5) is 0 Å². The second-order valence-electron chi connectivity index (χ2n) is 4.18. The van der Waals surface area contributed by atoms with Gasteiger partial charge in [-0.25, -0.2) is 4.98 Å². The molecule has 2 rings (SSSR count). The summed E-state index contributed by atoms with van der Waals surface area (Å²) in [6, 6.07) is 8.74. The fourth-order valence-corrected chi connectivity index (χ4v) is 1.76. The maximum atomic E-state index is 10.8. The first-order valence-electron chi connectivity index (χ1n) is 5.84. The SMILES string of the molecule is Cc1cc(Oc2ccccc2CC(=O)O)nc(C)n1. The number of aryl methyl sites for hydroxylation is 2. The summed E-state index contributed by atoms with van der Waals surface area (Å²) in [5.41, 5.74) is 1.42. The second-order valence-corrected chi connectivity index (χ2v) is 4.18. The number of hydrogen-bond donors (Lipinski definition) is 1. The number of rotatable bonds is 4. The molecule has 0 bridgehead atoms. The number of hydrogen-bond acceptors (Lipinski definition) is 4. The zero-order valence-corrected chi connectivity index (χ0v) is 10.8. The maximum absolute atomic E-state index is 10.8. The number of carbonyl (C=O) groups is 1. The molecule has 0 aliphatic carbocycles. The van der Waals surface area contributed by atoms with Crippen molar-refractivity contribution < 1.29 is 14.6 Å². The fourth-order valence-electron chi connectivity index (χ4n) is 1.76. The number of carboxylic acids is 1. The number of carboxylic acid groups (broad SMARTS) is 1. The average Bonchev–Trinajstić information content (AvgIpc) is 2.29. The van der Waals surface area contributed by atoms with E-state index >= 15 is 0 Å². The van der Waals surface area contributed by atoms with Crippen molar-refractivity contribution in [3.8, 4) is 11.6 Å². The minimum Gasteiger partial charge on any atom is -0.481 e. The van der Waals surface area contributed by atoms with Crippen LogP contribution < -0.4 is 4.74 Å². The molecular weight excluding hydrogens is 244 g/mol. The molecule has 5 heteroatoms. The highest BCUT2D eigenvalue weighted by molar-refractivity contribution is 5.71. The van der Waals surface area contributed by atoms with E-state index in [2.05, 4.69) is 9.97 Å². The van der Waals surface area contributed by atoms with Crippen molar-refractivity contribution in [2.45, 2.75) is 20.3 Å². The van der Waals surface area contributed by atoms with Crippen LogP contribution in [0.15, 0.2) is 30.3 Å². The van der Waals surface area contributed by atoms with Crippen LogP contribution in [0, 0.1) is 13.8 Å². The van der Waals surface area contributed by atoms with Crippen molar-refractivity contribution in [3.63, 3.8) is 0 Å². The Morgan fingerprint density at radius 1 is 1.26 bits per heavy atom. The van der Waals surface area contributed by atoms with E-state index in [0.29, 0.717) is 23.0 Å². The van der Waals surface area contributed by atoms with Crippen LogP contribution in [0.5, 0.6) is 11.6 Å². The zero-order chi connectivity index (χ0) is 13.8. The molecule has 5 nitrogen and oxygen atoms in total. The van der Waals surface area contributed by atoms with E-state index in [1.54, 1.807) is 37.3 Å². The summed E-state index contributed by atoms with van der Waals surface area (Å²) in [6.07, 6.45) is -0.0841. The molecule has 0 saturated carbocycles. The van der Waals surface area contributed by atoms with E-state index in [-0.39, 0.29) is 6.42 Å². The zero-order valence-electron chi connectivity index (χ0n) is 10.8. The van der Waals surface area contributed by atoms with Gasteiger partial charge in [0.1, 0.15) is 11.6 Å². The Morgan fingerprint density at radius 2 is 2.00 bits per heavy atom. The summed E-state index contributed by atoms with van der Waals surface area (Å²) in [5.74, 6) is 0.641. The first-order valence-corrected chi connectivity index (χ1v) is 5.84. The lowest BCUT2D eigenvalue weighted by Crippen LogP contribution is -2.02. The van der Waals surface area contributed by atoms with E-state index in [1.165, 1.54) is 0 Å². The maximum Gasteiger partial charge on any atom is 0.307 e. The Balaban J connectivity index is 2.29. The average molecular weight is 258 g/mol. The van der Waals surface area contributed by atoms with Crippen LogP contribution in [0.2, 0.25) is 0 Å². The standard InChI is InChI=1S/C14H14N2O3/c1-9-7-13(16-10(2)15-9)19-12-6-4-3-5-11(12)8-14(17)18/h3-7H,8H2,1-2H3,(H,17,18). The van der Waals surface area contributed by atoms with Crippen molar-refractivity contribution in [1.29, 1.82) is 0 Å². The number of benzene rings is 1. The van der Waals surface area contributed by atoms with Crippen molar-refractivity contribution in [2.24, 2.45) is 0 Å². The highest BCUT2D eigenvalue weighted by atomic mass is 16.5. The molecule has 1 aromatic carbocycles. The molecule has 0 spiro atoms. The topological polar surface area (TPSA) is 72.3 Å². The van der Waals surface area contributed by atoms with Gasteiger partial charge < -0.3 is 9.84 Å². The highest BCUT2D eigenvalue weighted by Crippen LogP contribution is 2.24. The summed E-state index contributed by atoms with van der Waals surface area (Å²) >= 11 is 0. The van der Waals surface area contributed by atoms with Gasteiger partial charge in [-0.2, -0.15) is 4.98 Å². The first-order chi connectivity index (χ1) is 9.04. The van der Waals surface area contributed by atoms with Gasteiger partial charge in [-0.3, -0.25) is 4.79 Å². The molecular formula is C14H14N2O3. The van der Waals surface area contributed by atoms with Crippen molar-refractivity contribution in [1.82, 2.24) is 9.97 Å². The Morgan fingerprint density at radius 3 is 2.68 bits per heavy atom. The number of aliphatic carboxylic acids is 1. The van der Waals surface area contributed by atoms with E-state index in [0.717, 1.165) is 5.69 Å². The Labute approximate surface area is 110 Å². The smallest absolute Gasteiger partial charge is 0.307 e. The summed E-state index contributed by atoms with van der Waals surface area (Å²) in [6.45, 7) is 3.63. The number of para-hydroxylation sites is 1. The van der Waals surface area contributed by atoms with Gasteiger partial charge in [0.15, 0.2) is 0 Å². The monoisotopic (exact) mass is 258 g/mol. The minimum absolute atomic E-state index is 0.0841. The lowest BCUT2D eigenvalue weighted by molar-refractivity contribution is -0.136. The summed E-state index contributed by atoms with van der Waals surface area (Å²) in [4.78, 5) is 19.1. The fraction of sp³-hybridized carbons (Fsp3) is 0.214. The lowest BCUT2D eigenvalue weighted by Gasteiger charge is -2.09. The Hall–Kier alpha value is -2.43. The van der Waals surface area contributed by atoms with Crippen LogP contribution in [-0.2, 0) is 11.2 Å². The molecule has 0 aliphatic rings. The molecule has 98 valence electrons. The van der Waals surface area contributed by atoms with Gasteiger partial charge in [0, 0.05) is 17.3 Å². The summed E-state index contributed by atoms with van der Waals surface area (Å²) < 4.78 is 5.66. The third kappa shape index (κ3) is 3.51. The molecule has 0 amide bonds. The molecule has 1 N–H and O–H groups in total. The summed E-state index contributed by atoms with van der Waals surface area (Å²) in [7, 11) is 0. The van der Waals surface area contributed by atoms with E-state index in [4.69, 9.17) is 9.84 Å². The van der Waals surface area contributed by atoms with Gasteiger partial charge in [-0.05, 0) is 19.9 Å². The third-order valence-electron chi connectivity index (χ3n) is 2.47. The Kier molecular flexibility index (Phi) is 3.75. The van der Waals surface area contributed by atoms with Crippen LogP contribution in [0.3, 0.4) is 0 Å². The van der Waals surface area contributed by atoms with E-state index in [9.17, 15) is 4.79 Å². The van der Waals surface area contributed by atoms with E-state index in [1.807, 2.05) is 6.92 Å². The van der Waals surface area contributed by atoms with Crippen LogP contribution >= 0.6 is 0 Å². The first kappa shape index (κ1) is 13.0. The van der Waals surface area contributed by atoms with Gasteiger partial charge in [0.05, 0.1) is 6.42 Å². The highest BCUT2D eigenvalue weighted by Gasteiger charge is 2.09. The van der Waals surface area contributed by atoms with Crippen molar-refractivity contribution in [3.05, 3.63) is 47.4 Å². The molecule has 0 saturated heterocycles. The van der Waals surface area contributed by atoms with Gasteiger partial charge in [0.25, 0.3) is 0 Å². The minimum atomic E-state index is -0.897. The van der Waals surface area contributed by atoms with Gasteiger partial charge >= 0.3 is 5.97 Å². The Bertz CT molecular complexity index is 591. The third-order valence-corrected chi connectivity index (χ3v) is 2.47. The van der Waals surface area contributed by atoms with Crippen LogP contribution in [0.1, 0.15) is 17.1 Å². The molecule has 0 aliphatic heterocycles. The number of nitrogens with zero attached hydrogens (tertiary/aromatic N) is 2. The normalized spacial score (nSPS) is 10.2. The predicted octanol–water partition coefficient (Wildman–Crippen LogP) is 2.51. The van der Waals surface area contributed by atoms with Crippen LogP contribution in [0.25, 0.3) is 0 Å². The second kappa shape index (κ2) is 5.48. The molecule has 0 fully saturated rings. The molecule has 0 radical (unpaired) electrons. The molecule has 2 aromatic rings. The quantitative estimate of drug-likeness (QED) is 0.912. The van der Waals surface area contributed by atoms with Crippen molar-refractivity contribution in [2.75, 3.05) is 0 Å². The van der Waals surface area contributed by atoms with E-state index < -0.39 is 5.97 Å². The number of ether oxygens (including phenoxy) is 1. The van der Waals surface area contributed by atoms with Gasteiger partial charge in [-0.15, -0.1) is 0 Å². The molecule has 19 heavy (non-hydrogen) atoms. The largest absolute Gasteiger partial charge is 0.481 e. The molecule has 1 aromatic heterocycles. The lowest BCUT2D eigenvalue weighted by atomic mass is 10.1. The molecule has 0 atom stereocenters. The van der Waals surface area contributed by atoms with Crippen LogP contribution in [-0.4, -0.2) is 21.0 Å². The van der Waals surface area contributed by atoms with Gasteiger partial charge in [-0.1, -0.05) is 18.2 Å². The predicted molar refractivity (Wildman–Crippen MR) is 69.4 cm³/mol. The van der Waals surface area contributed by atoms with Gasteiger partial charge in [0.2, 0.25) is 5.88 Å². The van der Waals surface area contributed by atoms with Crippen molar-refractivity contribution >= 4 is 5.97 Å². The number of aromatic nitrogens is 2. The molecule has 1 heterocycles.